The number of amides is 1. The Kier molecular flexibility index (Phi) is 3.35. The molecule has 0 aliphatic rings. The molecule has 66 valence electrons. The molecule has 1 amide bonds. The number of aromatic nitrogens is 1. The van der Waals surface area contributed by atoms with Gasteiger partial charge in [-0.2, -0.15) is 0 Å². The van der Waals surface area contributed by atoms with Gasteiger partial charge in [-0.05, 0) is 12.1 Å². The van der Waals surface area contributed by atoms with Gasteiger partial charge in [0.25, 0.3) is 0 Å². The molecule has 4 heteroatoms. The van der Waals surface area contributed by atoms with Crippen LogP contribution in [0.25, 0.3) is 0 Å². The number of hydrogen-bond acceptors (Lipinski definition) is 2. The van der Waals surface area contributed by atoms with Gasteiger partial charge in [0.2, 0.25) is 5.91 Å². The normalized spacial score (nSPS) is 9.75. The van der Waals surface area contributed by atoms with Gasteiger partial charge in [-0.1, -0.05) is 0 Å². The molecule has 0 atom stereocenters. The van der Waals surface area contributed by atoms with Crippen molar-refractivity contribution in [3.05, 3.63) is 24.0 Å². The largest absolute Gasteiger partial charge is 0.396 e. The third-order valence-electron chi connectivity index (χ3n) is 1.48. The van der Waals surface area contributed by atoms with Crippen molar-refractivity contribution in [1.29, 1.82) is 0 Å². The van der Waals surface area contributed by atoms with Crippen molar-refractivity contribution in [2.45, 2.75) is 13.0 Å². The molecule has 0 saturated heterocycles. The number of hydrogen-bond donors (Lipinski definition) is 3. The van der Waals surface area contributed by atoms with Crippen LogP contribution in [0.4, 0.5) is 0 Å². The van der Waals surface area contributed by atoms with Gasteiger partial charge in [-0.3, -0.25) is 4.79 Å². The Morgan fingerprint density at radius 2 is 2.50 bits per heavy atom. The summed E-state index contributed by atoms with van der Waals surface area (Å²) in [6.45, 7) is 0.391. The molecule has 12 heavy (non-hydrogen) atoms. The second kappa shape index (κ2) is 4.56. The summed E-state index contributed by atoms with van der Waals surface area (Å²) in [5.74, 6) is -0.132. The molecular formula is C8H12N2O2. The van der Waals surface area contributed by atoms with E-state index in [9.17, 15) is 4.79 Å². The number of aliphatic hydroxyl groups is 1. The predicted octanol–water partition coefficient (Wildman–Crippen LogP) is 0.0133. The van der Waals surface area contributed by atoms with Gasteiger partial charge in [0, 0.05) is 18.3 Å². The van der Waals surface area contributed by atoms with Gasteiger partial charge in [0.05, 0.1) is 13.2 Å². The third-order valence-corrected chi connectivity index (χ3v) is 1.48. The average Bonchev–Trinajstić information content (AvgIpc) is 2.53. The zero-order chi connectivity index (χ0) is 8.81. The van der Waals surface area contributed by atoms with Crippen LogP contribution >= 0.6 is 0 Å². The molecular weight excluding hydrogens is 156 g/mol. The number of carbonyl (C=O) groups is 1. The minimum atomic E-state index is -0.132. The Morgan fingerprint density at radius 1 is 1.67 bits per heavy atom. The Balaban J connectivity index is 2.22. The highest BCUT2D eigenvalue weighted by Crippen LogP contribution is 1.92. The Bertz CT molecular complexity index is 231. The zero-order valence-electron chi connectivity index (χ0n) is 6.71. The first kappa shape index (κ1) is 8.80. The number of aromatic amines is 1. The lowest BCUT2D eigenvalue weighted by molar-refractivity contribution is -0.121. The molecule has 0 spiro atoms. The lowest BCUT2D eigenvalue weighted by atomic mass is 10.4. The monoisotopic (exact) mass is 168 g/mol. The number of H-pyrrole nitrogens is 1. The summed E-state index contributed by atoms with van der Waals surface area (Å²) in [7, 11) is 0. The minimum Gasteiger partial charge on any atom is -0.396 e. The Hall–Kier alpha value is -1.29. The summed E-state index contributed by atoms with van der Waals surface area (Å²) in [4.78, 5) is 13.8. The Morgan fingerprint density at radius 3 is 3.08 bits per heavy atom. The SMILES string of the molecule is O=C(CCO)NCc1ccc[nH]1. The first-order chi connectivity index (χ1) is 5.83. The molecule has 0 unspecified atom stereocenters. The van der Waals surface area contributed by atoms with Crippen LogP contribution in [-0.4, -0.2) is 22.6 Å². The summed E-state index contributed by atoms with van der Waals surface area (Å²) in [5, 5.41) is 11.1. The molecule has 0 saturated carbocycles. The fourth-order valence-electron chi connectivity index (χ4n) is 0.861. The first-order valence-corrected chi connectivity index (χ1v) is 3.83. The summed E-state index contributed by atoms with van der Waals surface area (Å²) >= 11 is 0. The highest BCUT2D eigenvalue weighted by Gasteiger charge is 1.98. The molecule has 0 bridgehead atoms. The van der Waals surface area contributed by atoms with E-state index in [0.29, 0.717) is 6.54 Å². The predicted molar refractivity (Wildman–Crippen MR) is 44.3 cm³/mol. The van der Waals surface area contributed by atoms with E-state index in [1.807, 2.05) is 12.1 Å². The van der Waals surface area contributed by atoms with E-state index >= 15 is 0 Å². The van der Waals surface area contributed by atoms with Crippen molar-refractivity contribution in [3.63, 3.8) is 0 Å². The molecule has 1 heterocycles. The molecule has 0 fully saturated rings. The van der Waals surface area contributed by atoms with Crippen molar-refractivity contribution in [3.8, 4) is 0 Å². The molecule has 1 aromatic heterocycles. The maximum Gasteiger partial charge on any atom is 0.222 e. The molecule has 4 nitrogen and oxygen atoms in total. The summed E-state index contributed by atoms with van der Waals surface area (Å²) in [5.41, 5.74) is 0.960. The fraction of sp³-hybridized carbons (Fsp3) is 0.375. The van der Waals surface area contributed by atoms with Gasteiger partial charge < -0.3 is 15.4 Å². The lowest BCUT2D eigenvalue weighted by Gasteiger charge is -2.00. The number of carbonyl (C=O) groups excluding carboxylic acids is 1. The highest BCUT2D eigenvalue weighted by molar-refractivity contribution is 5.75. The van der Waals surface area contributed by atoms with E-state index in [2.05, 4.69) is 10.3 Å². The molecule has 0 aromatic carbocycles. The smallest absolute Gasteiger partial charge is 0.222 e. The van der Waals surface area contributed by atoms with E-state index in [1.54, 1.807) is 6.20 Å². The highest BCUT2D eigenvalue weighted by atomic mass is 16.3. The van der Waals surface area contributed by atoms with Gasteiger partial charge >= 0.3 is 0 Å². The van der Waals surface area contributed by atoms with Crippen molar-refractivity contribution in [1.82, 2.24) is 10.3 Å². The van der Waals surface area contributed by atoms with E-state index in [0.717, 1.165) is 5.69 Å². The molecule has 0 radical (unpaired) electrons. The maximum absolute atomic E-state index is 10.9. The second-order valence-corrected chi connectivity index (χ2v) is 2.45. The molecule has 1 rings (SSSR count). The van der Waals surface area contributed by atoms with Crippen LogP contribution in [0.2, 0.25) is 0 Å². The maximum atomic E-state index is 10.9. The summed E-state index contributed by atoms with van der Waals surface area (Å²) < 4.78 is 0. The first-order valence-electron chi connectivity index (χ1n) is 3.83. The van der Waals surface area contributed by atoms with Gasteiger partial charge in [-0.15, -0.1) is 0 Å². The third kappa shape index (κ3) is 2.75. The van der Waals surface area contributed by atoms with Crippen molar-refractivity contribution in [2.24, 2.45) is 0 Å². The molecule has 0 aliphatic heterocycles. The second-order valence-electron chi connectivity index (χ2n) is 2.45. The van der Waals surface area contributed by atoms with Gasteiger partial charge in [0.15, 0.2) is 0 Å². The molecule has 0 aliphatic carbocycles. The summed E-state index contributed by atoms with van der Waals surface area (Å²) in [6, 6.07) is 3.76. The van der Waals surface area contributed by atoms with E-state index in [-0.39, 0.29) is 18.9 Å². The van der Waals surface area contributed by atoms with E-state index in [1.165, 1.54) is 0 Å². The van der Waals surface area contributed by atoms with Crippen LogP contribution < -0.4 is 5.32 Å². The molecule has 1 aromatic rings. The van der Waals surface area contributed by atoms with Gasteiger partial charge in [-0.25, -0.2) is 0 Å². The van der Waals surface area contributed by atoms with Crippen molar-refractivity contribution < 1.29 is 9.90 Å². The topological polar surface area (TPSA) is 65.1 Å². The number of nitrogens with one attached hydrogen (secondary N) is 2. The lowest BCUT2D eigenvalue weighted by Crippen LogP contribution is -2.23. The Labute approximate surface area is 70.6 Å². The average molecular weight is 168 g/mol. The van der Waals surface area contributed by atoms with Crippen LogP contribution in [0.1, 0.15) is 12.1 Å². The van der Waals surface area contributed by atoms with E-state index < -0.39 is 0 Å². The standard InChI is InChI=1S/C8H12N2O2/c11-5-3-8(12)10-6-7-2-1-4-9-7/h1-2,4,9,11H,3,5-6H2,(H,10,12). The van der Waals surface area contributed by atoms with Crippen LogP contribution in [0, 0.1) is 0 Å². The number of rotatable bonds is 4. The van der Waals surface area contributed by atoms with Crippen LogP contribution in [0.3, 0.4) is 0 Å². The van der Waals surface area contributed by atoms with Gasteiger partial charge in [0.1, 0.15) is 0 Å². The fourth-order valence-corrected chi connectivity index (χ4v) is 0.861. The van der Waals surface area contributed by atoms with Crippen molar-refractivity contribution in [2.75, 3.05) is 6.61 Å². The quantitative estimate of drug-likeness (QED) is 0.593. The van der Waals surface area contributed by atoms with Crippen LogP contribution in [0.5, 0.6) is 0 Å². The van der Waals surface area contributed by atoms with Crippen LogP contribution in [-0.2, 0) is 11.3 Å². The molecule has 3 N–H and O–H groups in total. The zero-order valence-corrected chi connectivity index (χ0v) is 6.71. The number of aliphatic hydroxyl groups excluding tert-OH is 1. The van der Waals surface area contributed by atoms with Crippen molar-refractivity contribution >= 4 is 5.91 Å². The van der Waals surface area contributed by atoms with Crippen LogP contribution in [0.15, 0.2) is 18.3 Å². The minimum absolute atomic E-state index is 0.101. The van der Waals surface area contributed by atoms with E-state index in [4.69, 9.17) is 5.11 Å². The summed E-state index contributed by atoms with van der Waals surface area (Å²) in [6.07, 6.45) is 1.97.